The fraction of sp³-hybridized carbons (Fsp3) is 0.895. The van der Waals surface area contributed by atoms with E-state index < -0.39 is 0 Å². The zero-order chi connectivity index (χ0) is 19.5. The third-order valence-electron chi connectivity index (χ3n) is 3.72. The Labute approximate surface area is 158 Å². The minimum atomic E-state index is -0.0683. The van der Waals surface area contributed by atoms with Crippen molar-refractivity contribution >= 4 is 11.8 Å². The molecule has 7 heteroatoms. The van der Waals surface area contributed by atoms with Gasteiger partial charge in [-0.15, -0.1) is 0 Å². The van der Waals surface area contributed by atoms with Crippen LogP contribution in [0.1, 0.15) is 52.4 Å². The van der Waals surface area contributed by atoms with Crippen molar-refractivity contribution in [1.82, 2.24) is 10.6 Å². The van der Waals surface area contributed by atoms with E-state index in [1.807, 2.05) is 13.8 Å². The molecule has 0 spiro atoms. The topological polar surface area (TPSA) is 85.9 Å². The lowest BCUT2D eigenvalue weighted by Gasteiger charge is -2.08. The lowest BCUT2D eigenvalue weighted by molar-refractivity contribution is -0.125. The van der Waals surface area contributed by atoms with Crippen LogP contribution < -0.4 is 10.6 Å². The van der Waals surface area contributed by atoms with E-state index in [2.05, 4.69) is 10.6 Å². The Morgan fingerprint density at radius 2 is 1.31 bits per heavy atom. The Kier molecular flexibility index (Phi) is 17.8. The molecule has 0 atom stereocenters. The molecule has 0 saturated carbocycles. The maximum Gasteiger partial charge on any atom is 0.245 e. The lowest BCUT2D eigenvalue weighted by atomic mass is 10.2. The number of carbonyl (C=O) groups excluding carboxylic acids is 2. The zero-order valence-electron chi connectivity index (χ0n) is 16.8. The molecule has 7 nitrogen and oxygen atoms in total. The van der Waals surface area contributed by atoms with Crippen molar-refractivity contribution in [2.45, 2.75) is 52.4 Å². The molecule has 0 aromatic carbocycles. The molecular formula is C19H38N2O5. The quantitative estimate of drug-likeness (QED) is 0.358. The van der Waals surface area contributed by atoms with Crippen molar-refractivity contribution in [3.05, 3.63) is 0 Å². The highest BCUT2D eigenvalue weighted by molar-refractivity contribution is 5.77. The molecule has 0 aliphatic rings. The number of unbranched alkanes of at least 4 members (excludes halogenated alkanes) is 4. The SMILES string of the molecule is COCC(=O)NCCCCCOCCOCCCCCNC(=O)C(C)C. The first kappa shape index (κ1) is 24.8. The molecule has 26 heavy (non-hydrogen) atoms. The van der Waals surface area contributed by atoms with E-state index >= 15 is 0 Å². The zero-order valence-corrected chi connectivity index (χ0v) is 16.8. The fourth-order valence-electron chi connectivity index (χ4n) is 2.16. The van der Waals surface area contributed by atoms with Crippen molar-refractivity contribution in [3.8, 4) is 0 Å². The highest BCUT2D eigenvalue weighted by Gasteiger charge is 2.04. The van der Waals surface area contributed by atoms with Crippen LogP contribution in [0.2, 0.25) is 0 Å². The first-order valence-corrected chi connectivity index (χ1v) is 9.76. The van der Waals surface area contributed by atoms with Crippen LogP contribution >= 0.6 is 0 Å². The molecule has 0 heterocycles. The largest absolute Gasteiger partial charge is 0.379 e. The van der Waals surface area contributed by atoms with Gasteiger partial charge in [0.15, 0.2) is 0 Å². The van der Waals surface area contributed by atoms with E-state index in [4.69, 9.17) is 14.2 Å². The van der Waals surface area contributed by atoms with Gasteiger partial charge in [-0.3, -0.25) is 9.59 Å². The summed E-state index contributed by atoms with van der Waals surface area (Å²) in [6, 6.07) is 0. The van der Waals surface area contributed by atoms with Gasteiger partial charge < -0.3 is 24.8 Å². The number of rotatable bonds is 18. The van der Waals surface area contributed by atoms with E-state index in [0.717, 1.165) is 58.3 Å². The summed E-state index contributed by atoms with van der Waals surface area (Å²) in [6.07, 6.45) is 6.02. The summed E-state index contributed by atoms with van der Waals surface area (Å²) in [4.78, 5) is 22.5. The standard InChI is InChI=1S/C19H38N2O5/c1-17(2)19(23)21-11-7-5-9-13-26-15-14-25-12-8-4-6-10-20-18(22)16-24-3/h17H,4-16H2,1-3H3,(H,20,22)(H,21,23). The van der Waals surface area contributed by atoms with E-state index in [0.29, 0.717) is 19.8 Å². The van der Waals surface area contributed by atoms with Crippen LogP contribution in [-0.4, -0.2) is 65.0 Å². The number of hydrogen-bond acceptors (Lipinski definition) is 5. The van der Waals surface area contributed by atoms with Crippen LogP contribution in [0.5, 0.6) is 0 Å². The van der Waals surface area contributed by atoms with E-state index in [1.54, 1.807) is 0 Å². The molecule has 0 aliphatic heterocycles. The minimum absolute atomic E-state index is 0.0556. The van der Waals surface area contributed by atoms with Crippen LogP contribution in [0.3, 0.4) is 0 Å². The van der Waals surface area contributed by atoms with Crippen LogP contribution in [0.4, 0.5) is 0 Å². The summed E-state index contributed by atoms with van der Waals surface area (Å²) in [6.45, 7) is 8.06. The van der Waals surface area contributed by atoms with Gasteiger partial charge >= 0.3 is 0 Å². The fourth-order valence-corrected chi connectivity index (χ4v) is 2.16. The van der Waals surface area contributed by atoms with Crippen molar-refractivity contribution in [2.75, 3.05) is 53.2 Å². The number of carbonyl (C=O) groups is 2. The third-order valence-corrected chi connectivity index (χ3v) is 3.72. The summed E-state index contributed by atoms with van der Waals surface area (Å²) in [7, 11) is 1.51. The Balaban J connectivity index is 3.11. The second-order valence-electron chi connectivity index (χ2n) is 6.57. The lowest BCUT2D eigenvalue weighted by Crippen LogP contribution is -2.28. The highest BCUT2D eigenvalue weighted by atomic mass is 16.5. The molecule has 0 aliphatic carbocycles. The van der Waals surface area contributed by atoms with E-state index in [1.165, 1.54) is 7.11 Å². The molecular weight excluding hydrogens is 336 g/mol. The van der Waals surface area contributed by atoms with Gasteiger partial charge in [-0.1, -0.05) is 13.8 Å². The Bertz CT molecular complexity index is 351. The summed E-state index contributed by atoms with van der Waals surface area (Å²) in [5.41, 5.74) is 0. The van der Waals surface area contributed by atoms with Crippen LogP contribution in [-0.2, 0) is 23.8 Å². The maximum atomic E-state index is 11.4. The van der Waals surface area contributed by atoms with Crippen LogP contribution in [0.15, 0.2) is 0 Å². The molecule has 2 amide bonds. The average Bonchev–Trinajstić information content (AvgIpc) is 2.61. The monoisotopic (exact) mass is 374 g/mol. The Morgan fingerprint density at radius 3 is 1.81 bits per heavy atom. The van der Waals surface area contributed by atoms with Gasteiger partial charge in [0.05, 0.1) is 13.2 Å². The van der Waals surface area contributed by atoms with E-state index in [9.17, 15) is 9.59 Å². The molecule has 0 fully saturated rings. The second kappa shape index (κ2) is 18.6. The van der Waals surface area contributed by atoms with Gasteiger partial charge in [0.1, 0.15) is 6.61 Å². The number of hydrogen-bond donors (Lipinski definition) is 2. The first-order chi connectivity index (χ1) is 12.6. The predicted molar refractivity (Wildman–Crippen MR) is 102 cm³/mol. The van der Waals surface area contributed by atoms with Crippen molar-refractivity contribution in [3.63, 3.8) is 0 Å². The summed E-state index contributed by atoms with van der Waals surface area (Å²) >= 11 is 0. The van der Waals surface area contributed by atoms with Gasteiger partial charge in [0.2, 0.25) is 11.8 Å². The van der Waals surface area contributed by atoms with Gasteiger partial charge in [0, 0.05) is 39.3 Å². The number of nitrogens with one attached hydrogen (secondary N) is 2. The van der Waals surface area contributed by atoms with Crippen molar-refractivity contribution in [1.29, 1.82) is 0 Å². The molecule has 0 aromatic heterocycles. The second-order valence-corrected chi connectivity index (χ2v) is 6.57. The van der Waals surface area contributed by atoms with Crippen molar-refractivity contribution < 1.29 is 23.8 Å². The molecule has 0 rings (SSSR count). The molecule has 0 radical (unpaired) electrons. The molecule has 2 N–H and O–H groups in total. The highest BCUT2D eigenvalue weighted by Crippen LogP contribution is 1.97. The molecule has 154 valence electrons. The summed E-state index contributed by atoms with van der Waals surface area (Å²) in [5, 5.41) is 5.70. The van der Waals surface area contributed by atoms with Gasteiger partial charge in [-0.25, -0.2) is 0 Å². The third kappa shape index (κ3) is 17.6. The Hall–Kier alpha value is -1.18. The number of ether oxygens (including phenoxy) is 3. The molecule has 0 bridgehead atoms. The average molecular weight is 375 g/mol. The number of methoxy groups -OCH3 is 1. The van der Waals surface area contributed by atoms with Crippen LogP contribution in [0, 0.1) is 5.92 Å². The van der Waals surface area contributed by atoms with Gasteiger partial charge in [0.25, 0.3) is 0 Å². The van der Waals surface area contributed by atoms with Gasteiger partial charge in [-0.2, -0.15) is 0 Å². The van der Waals surface area contributed by atoms with E-state index in [-0.39, 0.29) is 24.3 Å². The molecule has 0 aromatic rings. The van der Waals surface area contributed by atoms with Gasteiger partial charge in [-0.05, 0) is 38.5 Å². The maximum absolute atomic E-state index is 11.4. The smallest absolute Gasteiger partial charge is 0.245 e. The molecule has 0 unspecified atom stereocenters. The first-order valence-electron chi connectivity index (χ1n) is 9.76. The normalized spacial score (nSPS) is 10.9. The van der Waals surface area contributed by atoms with Crippen LogP contribution in [0.25, 0.3) is 0 Å². The number of amides is 2. The Morgan fingerprint density at radius 1 is 0.769 bits per heavy atom. The minimum Gasteiger partial charge on any atom is -0.379 e. The molecule has 0 saturated heterocycles. The predicted octanol–water partition coefficient (Wildman–Crippen LogP) is 1.90. The summed E-state index contributed by atoms with van der Waals surface area (Å²) in [5.74, 6) is 0.107. The summed E-state index contributed by atoms with van der Waals surface area (Å²) < 4.78 is 15.8. The van der Waals surface area contributed by atoms with Crippen molar-refractivity contribution in [2.24, 2.45) is 5.92 Å².